The quantitative estimate of drug-likeness (QED) is 0.830. The Morgan fingerprint density at radius 1 is 1.48 bits per heavy atom. The highest BCUT2D eigenvalue weighted by molar-refractivity contribution is 5.66. The Morgan fingerprint density at radius 2 is 2.30 bits per heavy atom. The van der Waals surface area contributed by atoms with Gasteiger partial charge in [0, 0.05) is 19.1 Å². The van der Waals surface area contributed by atoms with Gasteiger partial charge in [0.15, 0.2) is 0 Å². The molecular formula is C15H22N6O2. The standard InChI is InChI=1S/C15H22N6O2/c1-4-20(9-8-16-15(22)23-3)12(2)13-6-5-7-14(10-13)21-11-17-18-19-21/h5-7,10-12H,4,8-9H2,1-3H3,(H,16,22). The van der Waals surface area contributed by atoms with Gasteiger partial charge in [-0.3, -0.25) is 4.90 Å². The zero-order chi connectivity index (χ0) is 16.7. The third-order valence-electron chi connectivity index (χ3n) is 3.77. The lowest BCUT2D eigenvalue weighted by molar-refractivity contribution is 0.165. The molecule has 8 nitrogen and oxygen atoms in total. The lowest BCUT2D eigenvalue weighted by Gasteiger charge is -2.28. The van der Waals surface area contributed by atoms with Gasteiger partial charge >= 0.3 is 6.09 Å². The molecule has 0 radical (unpaired) electrons. The number of nitrogens with zero attached hydrogens (tertiary/aromatic N) is 5. The Balaban J connectivity index is 2.04. The summed E-state index contributed by atoms with van der Waals surface area (Å²) in [6.07, 6.45) is 1.16. The highest BCUT2D eigenvalue weighted by Crippen LogP contribution is 2.21. The molecule has 0 aliphatic rings. The summed E-state index contributed by atoms with van der Waals surface area (Å²) < 4.78 is 6.21. The second-order valence-electron chi connectivity index (χ2n) is 5.07. The van der Waals surface area contributed by atoms with E-state index in [2.05, 4.69) is 56.5 Å². The van der Waals surface area contributed by atoms with Crippen molar-refractivity contribution in [3.05, 3.63) is 36.2 Å². The Hall–Kier alpha value is -2.48. The van der Waals surface area contributed by atoms with Gasteiger partial charge in [-0.25, -0.2) is 9.48 Å². The molecule has 2 aromatic rings. The van der Waals surface area contributed by atoms with E-state index in [0.717, 1.165) is 24.3 Å². The number of carbonyl (C=O) groups is 1. The Bertz CT molecular complexity index is 616. The summed E-state index contributed by atoms with van der Waals surface area (Å²) in [5, 5.41) is 13.9. The van der Waals surface area contributed by atoms with Crippen molar-refractivity contribution in [2.45, 2.75) is 19.9 Å². The number of amides is 1. The highest BCUT2D eigenvalue weighted by Gasteiger charge is 2.15. The van der Waals surface area contributed by atoms with E-state index >= 15 is 0 Å². The molecule has 1 amide bonds. The number of methoxy groups -OCH3 is 1. The number of carbonyl (C=O) groups excluding carboxylic acids is 1. The zero-order valence-corrected chi connectivity index (χ0v) is 13.6. The van der Waals surface area contributed by atoms with E-state index in [1.807, 2.05) is 12.1 Å². The number of benzene rings is 1. The van der Waals surface area contributed by atoms with E-state index in [1.165, 1.54) is 7.11 Å². The molecule has 1 atom stereocenters. The molecule has 0 fully saturated rings. The van der Waals surface area contributed by atoms with Crippen LogP contribution in [0.4, 0.5) is 4.79 Å². The van der Waals surface area contributed by atoms with Crippen LogP contribution in [0.1, 0.15) is 25.5 Å². The van der Waals surface area contributed by atoms with Crippen molar-refractivity contribution in [2.24, 2.45) is 0 Å². The van der Waals surface area contributed by atoms with Crippen molar-refractivity contribution >= 4 is 6.09 Å². The van der Waals surface area contributed by atoms with Crippen LogP contribution in [0, 0.1) is 0 Å². The van der Waals surface area contributed by atoms with Gasteiger partial charge in [-0.15, -0.1) is 5.10 Å². The van der Waals surface area contributed by atoms with E-state index in [9.17, 15) is 4.79 Å². The average Bonchev–Trinajstić information content (AvgIpc) is 3.12. The number of hydrogen-bond donors (Lipinski definition) is 1. The van der Waals surface area contributed by atoms with Gasteiger partial charge in [0.25, 0.3) is 0 Å². The zero-order valence-electron chi connectivity index (χ0n) is 13.6. The molecule has 0 aliphatic carbocycles. The molecule has 1 N–H and O–H groups in total. The summed E-state index contributed by atoms with van der Waals surface area (Å²) in [4.78, 5) is 13.4. The molecule has 8 heteroatoms. The van der Waals surface area contributed by atoms with Crippen LogP contribution < -0.4 is 5.32 Å². The summed E-state index contributed by atoms with van der Waals surface area (Å²) in [5.74, 6) is 0. The summed E-state index contributed by atoms with van der Waals surface area (Å²) >= 11 is 0. The summed E-state index contributed by atoms with van der Waals surface area (Å²) in [6, 6.07) is 8.30. The van der Waals surface area contributed by atoms with Gasteiger partial charge in [0.2, 0.25) is 0 Å². The number of hydrogen-bond acceptors (Lipinski definition) is 6. The molecule has 1 aromatic heterocycles. The van der Waals surface area contributed by atoms with E-state index in [-0.39, 0.29) is 6.04 Å². The molecule has 1 heterocycles. The molecule has 1 aromatic carbocycles. The molecule has 2 rings (SSSR count). The molecule has 23 heavy (non-hydrogen) atoms. The second kappa shape index (κ2) is 8.23. The third-order valence-corrected chi connectivity index (χ3v) is 3.77. The van der Waals surface area contributed by atoms with Crippen molar-refractivity contribution < 1.29 is 9.53 Å². The first-order valence-corrected chi connectivity index (χ1v) is 7.55. The predicted octanol–water partition coefficient (Wildman–Crippen LogP) is 1.40. The largest absolute Gasteiger partial charge is 0.453 e. The van der Waals surface area contributed by atoms with Crippen LogP contribution in [-0.2, 0) is 4.74 Å². The van der Waals surface area contributed by atoms with Crippen LogP contribution in [0.25, 0.3) is 5.69 Å². The lowest BCUT2D eigenvalue weighted by Crippen LogP contribution is -2.36. The maximum absolute atomic E-state index is 11.1. The first-order chi connectivity index (χ1) is 11.2. The average molecular weight is 318 g/mol. The number of nitrogens with one attached hydrogen (secondary N) is 1. The van der Waals surface area contributed by atoms with Crippen LogP contribution in [-0.4, -0.2) is 57.9 Å². The smallest absolute Gasteiger partial charge is 0.406 e. The normalized spacial score (nSPS) is 12.2. The predicted molar refractivity (Wildman–Crippen MR) is 85.2 cm³/mol. The maximum Gasteiger partial charge on any atom is 0.406 e. The van der Waals surface area contributed by atoms with E-state index < -0.39 is 6.09 Å². The van der Waals surface area contributed by atoms with Crippen LogP contribution in [0.3, 0.4) is 0 Å². The van der Waals surface area contributed by atoms with Crippen molar-refractivity contribution in [1.29, 1.82) is 0 Å². The molecule has 0 spiro atoms. The van der Waals surface area contributed by atoms with E-state index in [1.54, 1.807) is 11.0 Å². The first kappa shape index (κ1) is 16.9. The Labute approximate surface area is 135 Å². The van der Waals surface area contributed by atoms with Crippen LogP contribution in [0.2, 0.25) is 0 Å². The second-order valence-corrected chi connectivity index (χ2v) is 5.07. The summed E-state index contributed by atoms with van der Waals surface area (Å²) in [5.41, 5.74) is 2.08. The molecule has 1 unspecified atom stereocenters. The van der Waals surface area contributed by atoms with Crippen molar-refractivity contribution in [3.63, 3.8) is 0 Å². The molecule has 0 saturated carbocycles. The van der Waals surface area contributed by atoms with Gasteiger partial charge in [0.05, 0.1) is 12.8 Å². The lowest BCUT2D eigenvalue weighted by atomic mass is 10.1. The minimum Gasteiger partial charge on any atom is -0.453 e. The fraction of sp³-hybridized carbons (Fsp3) is 0.467. The van der Waals surface area contributed by atoms with Crippen LogP contribution in [0.15, 0.2) is 30.6 Å². The number of aromatic nitrogens is 4. The fourth-order valence-corrected chi connectivity index (χ4v) is 2.42. The number of tetrazole rings is 1. The van der Waals surface area contributed by atoms with Gasteiger partial charge in [0.1, 0.15) is 6.33 Å². The monoisotopic (exact) mass is 318 g/mol. The molecule has 124 valence electrons. The minimum atomic E-state index is -0.408. The number of alkyl carbamates (subject to hydrolysis) is 1. The van der Waals surface area contributed by atoms with Gasteiger partial charge in [-0.1, -0.05) is 19.1 Å². The third kappa shape index (κ3) is 4.49. The first-order valence-electron chi connectivity index (χ1n) is 7.55. The van der Waals surface area contributed by atoms with Gasteiger partial charge in [-0.2, -0.15) is 0 Å². The maximum atomic E-state index is 11.1. The van der Waals surface area contributed by atoms with Gasteiger partial charge in [-0.05, 0) is 41.6 Å². The molecule has 0 aliphatic heterocycles. The fourth-order valence-electron chi connectivity index (χ4n) is 2.42. The highest BCUT2D eigenvalue weighted by atomic mass is 16.5. The Morgan fingerprint density at radius 3 is 2.96 bits per heavy atom. The van der Waals surface area contributed by atoms with Crippen LogP contribution >= 0.6 is 0 Å². The van der Waals surface area contributed by atoms with E-state index in [4.69, 9.17) is 0 Å². The summed E-state index contributed by atoms with van der Waals surface area (Å²) in [6.45, 7) is 6.39. The van der Waals surface area contributed by atoms with Crippen molar-refractivity contribution in [1.82, 2.24) is 30.4 Å². The van der Waals surface area contributed by atoms with Crippen molar-refractivity contribution in [3.8, 4) is 5.69 Å². The SMILES string of the molecule is CCN(CCNC(=O)OC)C(C)c1cccc(-n2cnnn2)c1. The molecular weight excluding hydrogens is 296 g/mol. The molecule has 0 bridgehead atoms. The number of likely N-dealkylation sites (N-methyl/N-ethyl adjacent to an activating group) is 1. The number of rotatable bonds is 7. The topological polar surface area (TPSA) is 85.2 Å². The van der Waals surface area contributed by atoms with Gasteiger partial charge < -0.3 is 10.1 Å². The molecule has 0 saturated heterocycles. The summed E-state index contributed by atoms with van der Waals surface area (Å²) in [7, 11) is 1.36. The number of ether oxygens (including phenoxy) is 1. The van der Waals surface area contributed by atoms with E-state index in [0.29, 0.717) is 6.54 Å². The van der Waals surface area contributed by atoms with Crippen molar-refractivity contribution in [2.75, 3.05) is 26.7 Å². The van der Waals surface area contributed by atoms with Crippen LogP contribution in [0.5, 0.6) is 0 Å². The minimum absolute atomic E-state index is 0.205. The Kier molecular flexibility index (Phi) is 6.04.